The maximum absolute atomic E-state index is 5.81. The summed E-state index contributed by atoms with van der Waals surface area (Å²) in [5.41, 5.74) is 7.25. The number of nitrogens with zero attached hydrogens (tertiary/aromatic N) is 3. The number of hydrogen-bond donors (Lipinski definition) is 1. The molecule has 1 heterocycles. The zero-order valence-corrected chi connectivity index (χ0v) is 12.0. The first-order chi connectivity index (χ1) is 9.74. The molecule has 20 heavy (non-hydrogen) atoms. The first kappa shape index (κ1) is 14.8. The van der Waals surface area contributed by atoms with E-state index in [4.69, 9.17) is 26.8 Å². The Morgan fingerprint density at radius 3 is 2.70 bits per heavy atom. The second kappa shape index (κ2) is 7.23. The van der Waals surface area contributed by atoms with Crippen LogP contribution in [0.1, 0.15) is 11.4 Å². The van der Waals surface area contributed by atoms with E-state index in [0.29, 0.717) is 31.3 Å². The van der Waals surface area contributed by atoms with Gasteiger partial charge in [0.1, 0.15) is 18.1 Å². The molecule has 0 amide bonds. The van der Waals surface area contributed by atoms with Gasteiger partial charge in [-0.15, -0.1) is 5.10 Å². The molecule has 0 atom stereocenters. The lowest BCUT2D eigenvalue weighted by atomic mass is 10.3. The number of methoxy groups -OCH3 is 1. The summed E-state index contributed by atoms with van der Waals surface area (Å²) >= 11 is 5.81. The van der Waals surface area contributed by atoms with Crippen LogP contribution in [-0.4, -0.2) is 28.7 Å². The standard InChI is InChI=1S/C13H17ClN4O2/c1-19-9-13-12(8-15)16-17-18(13)6-7-20-11-4-2-10(14)3-5-11/h2-5H,6-9,15H2,1H3. The summed E-state index contributed by atoms with van der Waals surface area (Å²) < 4.78 is 12.5. The molecule has 0 aliphatic heterocycles. The smallest absolute Gasteiger partial charge is 0.119 e. The number of rotatable bonds is 7. The number of hydrogen-bond acceptors (Lipinski definition) is 5. The molecule has 0 bridgehead atoms. The van der Waals surface area contributed by atoms with Gasteiger partial charge in [0, 0.05) is 18.7 Å². The highest BCUT2D eigenvalue weighted by molar-refractivity contribution is 6.30. The lowest BCUT2D eigenvalue weighted by Crippen LogP contribution is -2.14. The third-order valence-electron chi connectivity index (χ3n) is 2.78. The number of halogens is 1. The van der Waals surface area contributed by atoms with Crippen LogP contribution in [0.3, 0.4) is 0 Å². The predicted octanol–water partition coefficient (Wildman–Crippen LogP) is 1.62. The quantitative estimate of drug-likeness (QED) is 0.840. The van der Waals surface area contributed by atoms with Crippen molar-refractivity contribution in [2.45, 2.75) is 19.7 Å². The number of aromatic nitrogens is 3. The lowest BCUT2D eigenvalue weighted by molar-refractivity contribution is 0.173. The predicted molar refractivity (Wildman–Crippen MR) is 75.6 cm³/mol. The fourth-order valence-corrected chi connectivity index (χ4v) is 1.91. The third-order valence-corrected chi connectivity index (χ3v) is 3.03. The van der Waals surface area contributed by atoms with Crippen molar-refractivity contribution in [3.63, 3.8) is 0 Å². The van der Waals surface area contributed by atoms with Crippen molar-refractivity contribution >= 4 is 11.6 Å². The second-order valence-corrected chi connectivity index (χ2v) is 4.58. The summed E-state index contributed by atoms with van der Waals surface area (Å²) in [7, 11) is 1.63. The highest BCUT2D eigenvalue weighted by Crippen LogP contribution is 2.15. The van der Waals surface area contributed by atoms with E-state index >= 15 is 0 Å². The summed E-state index contributed by atoms with van der Waals surface area (Å²) in [6, 6.07) is 7.22. The molecule has 6 nitrogen and oxygen atoms in total. The van der Waals surface area contributed by atoms with E-state index < -0.39 is 0 Å². The molecule has 0 aliphatic rings. The molecule has 0 aliphatic carbocycles. The van der Waals surface area contributed by atoms with Crippen LogP contribution in [0.2, 0.25) is 5.02 Å². The van der Waals surface area contributed by atoms with Gasteiger partial charge in [0.2, 0.25) is 0 Å². The molecule has 7 heteroatoms. The minimum atomic E-state index is 0.344. The molecule has 1 aromatic carbocycles. The molecule has 1 aromatic heterocycles. The first-order valence-corrected chi connectivity index (χ1v) is 6.61. The average Bonchev–Trinajstić information content (AvgIpc) is 2.84. The van der Waals surface area contributed by atoms with Gasteiger partial charge in [-0.2, -0.15) is 0 Å². The van der Waals surface area contributed by atoms with Crippen molar-refractivity contribution < 1.29 is 9.47 Å². The van der Waals surface area contributed by atoms with Gasteiger partial charge in [0.15, 0.2) is 0 Å². The molecule has 2 N–H and O–H groups in total. The maximum atomic E-state index is 5.81. The van der Waals surface area contributed by atoms with Crippen LogP contribution in [0.4, 0.5) is 0 Å². The Balaban J connectivity index is 1.93. The van der Waals surface area contributed by atoms with Crippen molar-refractivity contribution in [2.24, 2.45) is 5.73 Å². The highest BCUT2D eigenvalue weighted by Gasteiger charge is 2.11. The van der Waals surface area contributed by atoms with Gasteiger partial charge in [0.25, 0.3) is 0 Å². The Hall–Kier alpha value is -1.63. The van der Waals surface area contributed by atoms with Gasteiger partial charge in [-0.25, -0.2) is 4.68 Å². The summed E-state index contributed by atoms with van der Waals surface area (Å²) in [5, 5.41) is 8.77. The van der Waals surface area contributed by atoms with E-state index in [-0.39, 0.29) is 0 Å². The fraction of sp³-hybridized carbons (Fsp3) is 0.385. The maximum Gasteiger partial charge on any atom is 0.119 e. The van der Waals surface area contributed by atoms with E-state index in [0.717, 1.165) is 17.1 Å². The minimum absolute atomic E-state index is 0.344. The molecule has 108 valence electrons. The summed E-state index contributed by atoms with van der Waals surface area (Å²) in [6.45, 7) is 1.83. The molecule has 0 fully saturated rings. The molecule has 2 rings (SSSR count). The van der Waals surface area contributed by atoms with Gasteiger partial charge in [0.05, 0.1) is 18.8 Å². The summed E-state index contributed by atoms with van der Waals surface area (Å²) in [5.74, 6) is 0.766. The van der Waals surface area contributed by atoms with Gasteiger partial charge >= 0.3 is 0 Å². The second-order valence-electron chi connectivity index (χ2n) is 4.15. The van der Waals surface area contributed by atoms with E-state index in [1.54, 1.807) is 23.9 Å². The van der Waals surface area contributed by atoms with Gasteiger partial charge in [-0.1, -0.05) is 16.8 Å². The van der Waals surface area contributed by atoms with Gasteiger partial charge in [-0.3, -0.25) is 0 Å². The molecular formula is C13H17ClN4O2. The topological polar surface area (TPSA) is 75.2 Å². The molecule has 0 unspecified atom stereocenters. The Labute approximate surface area is 122 Å². The van der Waals surface area contributed by atoms with Crippen LogP contribution in [0, 0.1) is 0 Å². The zero-order valence-electron chi connectivity index (χ0n) is 11.3. The van der Waals surface area contributed by atoms with Crippen molar-refractivity contribution in [1.29, 1.82) is 0 Å². The van der Waals surface area contributed by atoms with E-state index in [1.807, 2.05) is 12.1 Å². The fourth-order valence-electron chi connectivity index (χ4n) is 1.78. The van der Waals surface area contributed by atoms with Crippen LogP contribution in [0.15, 0.2) is 24.3 Å². The lowest BCUT2D eigenvalue weighted by Gasteiger charge is -2.08. The first-order valence-electron chi connectivity index (χ1n) is 6.23. The summed E-state index contributed by atoms with van der Waals surface area (Å²) in [4.78, 5) is 0. The molecule has 0 radical (unpaired) electrons. The van der Waals surface area contributed by atoms with Crippen LogP contribution in [0.5, 0.6) is 5.75 Å². The number of nitrogens with two attached hydrogens (primary N) is 1. The van der Waals surface area contributed by atoms with Crippen molar-refractivity contribution in [2.75, 3.05) is 13.7 Å². The van der Waals surface area contributed by atoms with E-state index in [1.165, 1.54) is 0 Å². The molecule has 0 saturated carbocycles. The molecule has 0 saturated heterocycles. The van der Waals surface area contributed by atoms with Crippen LogP contribution >= 0.6 is 11.6 Å². The Kier molecular flexibility index (Phi) is 5.34. The average molecular weight is 297 g/mol. The minimum Gasteiger partial charge on any atom is -0.492 e. The van der Waals surface area contributed by atoms with Crippen LogP contribution < -0.4 is 10.5 Å². The third kappa shape index (κ3) is 3.69. The van der Waals surface area contributed by atoms with Crippen LogP contribution in [0.25, 0.3) is 0 Å². The van der Waals surface area contributed by atoms with Crippen molar-refractivity contribution in [3.05, 3.63) is 40.7 Å². The SMILES string of the molecule is COCc1c(CN)nnn1CCOc1ccc(Cl)cc1. The molecular weight excluding hydrogens is 280 g/mol. The van der Waals surface area contributed by atoms with Crippen molar-refractivity contribution in [3.8, 4) is 5.75 Å². The summed E-state index contributed by atoms with van der Waals surface area (Å²) in [6.07, 6.45) is 0. The van der Waals surface area contributed by atoms with Gasteiger partial charge < -0.3 is 15.2 Å². The number of ether oxygens (including phenoxy) is 2. The molecule has 2 aromatic rings. The largest absolute Gasteiger partial charge is 0.492 e. The van der Waals surface area contributed by atoms with Crippen LogP contribution in [-0.2, 0) is 24.4 Å². The highest BCUT2D eigenvalue weighted by atomic mass is 35.5. The monoisotopic (exact) mass is 296 g/mol. The Morgan fingerprint density at radius 2 is 2.05 bits per heavy atom. The number of benzene rings is 1. The normalized spacial score (nSPS) is 10.8. The van der Waals surface area contributed by atoms with E-state index in [2.05, 4.69) is 10.3 Å². The van der Waals surface area contributed by atoms with E-state index in [9.17, 15) is 0 Å². The molecule has 0 spiro atoms. The van der Waals surface area contributed by atoms with Gasteiger partial charge in [-0.05, 0) is 24.3 Å². The zero-order chi connectivity index (χ0) is 14.4. The van der Waals surface area contributed by atoms with Crippen molar-refractivity contribution in [1.82, 2.24) is 15.0 Å². The Morgan fingerprint density at radius 1 is 1.30 bits per heavy atom. The Bertz CT molecular complexity index is 542.